The number of benzene rings is 1. The molecule has 1 aromatic rings. The van der Waals surface area contributed by atoms with Crippen molar-refractivity contribution in [3.63, 3.8) is 0 Å². The van der Waals surface area contributed by atoms with Crippen LogP contribution in [-0.2, 0) is 0 Å². The number of aliphatic hydroxyl groups is 1. The fourth-order valence-electron chi connectivity index (χ4n) is 2.78. The molecule has 0 aliphatic carbocycles. The van der Waals surface area contributed by atoms with E-state index in [2.05, 4.69) is 20.8 Å². The lowest BCUT2D eigenvalue weighted by molar-refractivity contribution is 0.118. The van der Waals surface area contributed by atoms with E-state index in [-0.39, 0.29) is 6.04 Å². The second-order valence-corrected chi connectivity index (χ2v) is 6.88. The normalized spacial score (nSPS) is 21.9. The van der Waals surface area contributed by atoms with Gasteiger partial charge in [-0.3, -0.25) is 0 Å². The lowest BCUT2D eigenvalue weighted by atomic mass is 9.98. The summed E-state index contributed by atoms with van der Waals surface area (Å²) < 4.78 is 0.972. The molecule has 1 aliphatic rings. The van der Waals surface area contributed by atoms with E-state index in [0.717, 1.165) is 47.5 Å². The van der Waals surface area contributed by atoms with E-state index in [0.29, 0.717) is 12.5 Å². The van der Waals surface area contributed by atoms with Crippen molar-refractivity contribution in [2.45, 2.75) is 25.3 Å². The summed E-state index contributed by atoms with van der Waals surface area (Å²) in [5.41, 5.74) is 7.26. The highest BCUT2D eigenvalue weighted by molar-refractivity contribution is 9.10. The summed E-state index contributed by atoms with van der Waals surface area (Å²) in [6.07, 6.45) is 3.19. The molecule has 0 bridgehead atoms. The largest absolute Gasteiger partial charge is 0.396 e. The third kappa shape index (κ3) is 4.43. The maximum Gasteiger partial charge on any atom is 0.0471 e. The Morgan fingerprint density at radius 2 is 2.30 bits per heavy atom. The molecule has 3 N–H and O–H groups in total. The Morgan fingerprint density at radius 1 is 1.50 bits per heavy atom. The zero-order valence-electron chi connectivity index (χ0n) is 11.6. The van der Waals surface area contributed by atoms with Crippen molar-refractivity contribution in [2.75, 3.05) is 26.2 Å². The first-order chi connectivity index (χ1) is 9.60. The van der Waals surface area contributed by atoms with Gasteiger partial charge in [0, 0.05) is 28.7 Å². The molecular weight excluding hydrogens is 340 g/mol. The van der Waals surface area contributed by atoms with Gasteiger partial charge in [0.15, 0.2) is 0 Å². The van der Waals surface area contributed by atoms with Gasteiger partial charge in [0.25, 0.3) is 0 Å². The Morgan fingerprint density at radius 3 is 3.00 bits per heavy atom. The van der Waals surface area contributed by atoms with Crippen molar-refractivity contribution in [1.82, 2.24) is 4.90 Å². The van der Waals surface area contributed by atoms with Crippen LogP contribution in [0.1, 0.15) is 30.9 Å². The van der Waals surface area contributed by atoms with Crippen LogP contribution in [0, 0.1) is 5.92 Å². The summed E-state index contributed by atoms with van der Waals surface area (Å²) in [6.45, 7) is 3.35. The van der Waals surface area contributed by atoms with E-state index in [4.69, 9.17) is 17.3 Å². The maximum absolute atomic E-state index is 9.25. The summed E-state index contributed by atoms with van der Waals surface area (Å²) in [6, 6.07) is 5.82. The molecule has 0 spiro atoms. The second kappa shape index (κ2) is 7.76. The lowest BCUT2D eigenvalue weighted by Crippen LogP contribution is -2.38. The summed E-state index contributed by atoms with van der Waals surface area (Å²) in [5.74, 6) is 0.427. The minimum absolute atomic E-state index is 0.0369. The third-order valence-corrected chi connectivity index (χ3v) is 4.80. The average Bonchev–Trinajstić information content (AvgIpc) is 2.45. The molecule has 1 saturated heterocycles. The Hall–Kier alpha value is -0.130. The lowest BCUT2D eigenvalue weighted by Gasteiger charge is -2.32. The Labute approximate surface area is 134 Å². The number of nitrogens with two attached hydrogens (primary N) is 1. The molecule has 2 rings (SSSR count). The summed E-state index contributed by atoms with van der Waals surface area (Å²) in [5, 5.41) is 9.97. The standard InChI is InChI=1S/C15H22BrClN2O/c16-12-3-4-13(14(17)8-12)15(18)5-7-19-6-1-2-11(9-19)10-20/h3-4,8,11,15,20H,1-2,5-7,9-10,18H2. The first-order valence-electron chi connectivity index (χ1n) is 7.14. The third-order valence-electron chi connectivity index (χ3n) is 3.98. The fraction of sp³-hybridized carbons (Fsp3) is 0.600. The highest BCUT2D eigenvalue weighted by atomic mass is 79.9. The first-order valence-corrected chi connectivity index (χ1v) is 8.31. The molecular formula is C15H22BrClN2O. The van der Waals surface area contributed by atoms with Crippen LogP contribution in [0.25, 0.3) is 0 Å². The van der Waals surface area contributed by atoms with Crippen molar-refractivity contribution in [2.24, 2.45) is 11.7 Å². The van der Waals surface area contributed by atoms with Crippen LogP contribution in [-0.4, -0.2) is 36.2 Å². The predicted molar refractivity (Wildman–Crippen MR) is 86.9 cm³/mol. The van der Waals surface area contributed by atoms with Crippen molar-refractivity contribution >= 4 is 27.5 Å². The topological polar surface area (TPSA) is 49.5 Å². The molecule has 1 fully saturated rings. The van der Waals surface area contributed by atoms with E-state index in [1.165, 1.54) is 6.42 Å². The number of nitrogens with zero attached hydrogens (tertiary/aromatic N) is 1. The molecule has 112 valence electrons. The number of piperidine rings is 1. The van der Waals surface area contributed by atoms with E-state index in [1.54, 1.807) is 0 Å². The van der Waals surface area contributed by atoms with Crippen LogP contribution in [0.15, 0.2) is 22.7 Å². The van der Waals surface area contributed by atoms with Crippen LogP contribution >= 0.6 is 27.5 Å². The second-order valence-electron chi connectivity index (χ2n) is 5.55. The van der Waals surface area contributed by atoms with E-state index < -0.39 is 0 Å². The minimum atomic E-state index is -0.0369. The molecule has 3 nitrogen and oxygen atoms in total. The van der Waals surface area contributed by atoms with Crippen molar-refractivity contribution < 1.29 is 5.11 Å². The summed E-state index contributed by atoms with van der Waals surface area (Å²) >= 11 is 9.64. The molecule has 0 amide bonds. The quantitative estimate of drug-likeness (QED) is 0.847. The number of rotatable bonds is 5. The van der Waals surface area contributed by atoms with Crippen LogP contribution < -0.4 is 5.73 Å². The Balaban J connectivity index is 1.86. The van der Waals surface area contributed by atoms with Gasteiger partial charge < -0.3 is 15.7 Å². The van der Waals surface area contributed by atoms with Gasteiger partial charge in [0.1, 0.15) is 0 Å². The molecule has 0 saturated carbocycles. The fourth-order valence-corrected chi connectivity index (χ4v) is 3.60. The van der Waals surface area contributed by atoms with E-state index >= 15 is 0 Å². The van der Waals surface area contributed by atoms with Gasteiger partial charge >= 0.3 is 0 Å². The van der Waals surface area contributed by atoms with Gasteiger partial charge in [0.2, 0.25) is 0 Å². The van der Waals surface area contributed by atoms with Crippen molar-refractivity contribution in [3.05, 3.63) is 33.3 Å². The molecule has 1 aromatic carbocycles. The smallest absolute Gasteiger partial charge is 0.0471 e. The van der Waals surface area contributed by atoms with Crippen LogP contribution in [0.5, 0.6) is 0 Å². The summed E-state index contributed by atoms with van der Waals surface area (Å²) in [4.78, 5) is 2.40. The number of aliphatic hydroxyl groups excluding tert-OH is 1. The van der Waals surface area contributed by atoms with Gasteiger partial charge in [-0.25, -0.2) is 0 Å². The predicted octanol–water partition coefficient (Wildman–Crippen LogP) is 3.20. The highest BCUT2D eigenvalue weighted by Crippen LogP contribution is 2.27. The van der Waals surface area contributed by atoms with Gasteiger partial charge in [-0.15, -0.1) is 0 Å². The average molecular weight is 362 g/mol. The Bertz CT molecular complexity index is 444. The van der Waals surface area contributed by atoms with E-state index in [1.807, 2.05) is 18.2 Å². The molecule has 0 aromatic heterocycles. The number of hydrogen-bond acceptors (Lipinski definition) is 3. The van der Waals surface area contributed by atoms with Gasteiger partial charge in [-0.1, -0.05) is 33.6 Å². The minimum Gasteiger partial charge on any atom is -0.396 e. The number of likely N-dealkylation sites (tertiary alicyclic amines) is 1. The monoisotopic (exact) mass is 360 g/mol. The molecule has 1 heterocycles. The number of halogens is 2. The van der Waals surface area contributed by atoms with Gasteiger partial charge in [-0.2, -0.15) is 0 Å². The molecule has 2 unspecified atom stereocenters. The van der Waals surface area contributed by atoms with Crippen LogP contribution in [0.2, 0.25) is 5.02 Å². The molecule has 1 aliphatic heterocycles. The van der Waals surface area contributed by atoms with Gasteiger partial charge in [-0.05, 0) is 56.0 Å². The van der Waals surface area contributed by atoms with Crippen molar-refractivity contribution in [1.29, 1.82) is 0 Å². The SMILES string of the molecule is NC(CCN1CCCC(CO)C1)c1ccc(Br)cc1Cl. The maximum atomic E-state index is 9.25. The molecule has 5 heteroatoms. The highest BCUT2D eigenvalue weighted by Gasteiger charge is 2.20. The van der Waals surface area contributed by atoms with E-state index in [9.17, 15) is 5.11 Å². The number of hydrogen-bond donors (Lipinski definition) is 2. The van der Waals surface area contributed by atoms with Crippen LogP contribution in [0.4, 0.5) is 0 Å². The summed E-state index contributed by atoms with van der Waals surface area (Å²) in [7, 11) is 0. The molecule has 2 atom stereocenters. The first kappa shape index (κ1) is 16.2. The molecule has 0 radical (unpaired) electrons. The van der Waals surface area contributed by atoms with Crippen LogP contribution in [0.3, 0.4) is 0 Å². The zero-order chi connectivity index (χ0) is 14.5. The zero-order valence-corrected chi connectivity index (χ0v) is 13.9. The van der Waals surface area contributed by atoms with Gasteiger partial charge in [0.05, 0.1) is 0 Å². The Kier molecular flexibility index (Phi) is 6.30. The van der Waals surface area contributed by atoms with Crippen molar-refractivity contribution in [3.8, 4) is 0 Å². The molecule has 20 heavy (non-hydrogen) atoms.